The summed E-state index contributed by atoms with van der Waals surface area (Å²) in [5.74, 6) is 0.605. The van der Waals surface area contributed by atoms with Gasteiger partial charge in [0.05, 0.1) is 5.69 Å². The van der Waals surface area contributed by atoms with E-state index < -0.39 is 0 Å². The number of amides is 1. The van der Waals surface area contributed by atoms with Gasteiger partial charge in [0.15, 0.2) is 6.61 Å². The maximum absolute atomic E-state index is 11.5. The van der Waals surface area contributed by atoms with E-state index in [9.17, 15) is 4.79 Å². The number of thiophene rings is 1. The fourth-order valence-corrected chi connectivity index (χ4v) is 3.46. The molecule has 3 rings (SSSR count). The molecule has 0 unspecified atom stereocenters. The third kappa shape index (κ3) is 2.70. The second-order valence-corrected chi connectivity index (χ2v) is 5.93. The molecule has 4 heteroatoms. The lowest BCUT2D eigenvalue weighted by atomic mass is 9.99. The third-order valence-electron chi connectivity index (χ3n) is 3.59. The van der Waals surface area contributed by atoms with Crippen molar-refractivity contribution in [1.82, 2.24) is 0 Å². The highest BCUT2D eigenvalue weighted by molar-refractivity contribution is 7.11. The molecule has 0 aliphatic carbocycles. The number of allylic oxidation sites excluding steroid dienone is 2. The Morgan fingerprint density at radius 3 is 3.09 bits per heavy atom. The molecule has 1 aromatic carbocycles. The molecule has 0 spiro atoms. The Balaban J connectivity index is 2.04. The Morgan fingerprint density at radius 2 is 2.32 bits per heavy atom. The number of hydrogen-bond donors (Lipinski definition) is 1. The van der Waals surface area contributed by atoms with Gasteiger partial charge < -0.3 is 10.1 Å². The van der Waals surface area contributed by atoms with Gasteiger partial charge in [-0.05, 0) is 47.5 Å². The topological polar surface area (TPSA) is 38.3 Å². The van der Waals surface area contributed by atoms with Crippen LogP contribution in [0.4, 0.5) is 5.69 Å². The van der Waals surface area contributed by atoms with Crippen molar-refractivity contribution in [2.24, 2.45) is 0 Å². The first-order chi connectivity index (χ1) is 10.7. The predicted octanol–water partition coefficient (Wildman–Crippen LogP) is 4.51. The second kappa shape index (κ2) is 6.20. The summed E-state index contributed by atoms with van der Waals surface area (Å²) < 4.78 is 5.41. The predicted molar refractivity (Wildman–Crippen MR) is 92.5 cm³/mol. The summed E-state index contributed by atoms with van der Waals surface area (Å²) >= 11 is 1.69. The zero-order chi connectivity index (χ0) is 15.5. The molecule has 0 saturated heterocycles. The molecule has 112 valence electrons. The number of carbonyl (C=O) groups excluding carboxylic acids is 1. The molecule has 22 heavy (non-hydrogen) atoms. The summed E-state index contributed by atoms with van der Waals surface area (Å²) in [7, 11) is 0. The van der Waals surface area contributed by atoms with E-state index in [2.05, 4.69) is 29.4 Å². The summed E-state index contributed by atoms with van der Waals surface area (Å²) in [6.07, 6.45) is 6.96. The Hall–Kier alpha value is -2.33. The van der Waals surface area contributed by atoms with Gasteiger partial charge in [-0.15, -0.1) is 11.3 Å². The fraction of sp³-hybridized carbons (Fsp3) is 0.167. The first-order valence-corrected chi connectivity index (χ1v) is 8.02. The summed E-state index contributed by atoms with van der Waals surface area (Å²) in [6, 6.07) is 5.92. The fourth-order valence-electron chi connectivity index (χ4n) is 2.51. The van der Waals surface area contributed by atoms with Crippen molar-refractivity contribution < 1.29 is 9.53 Å². The monoisotopic (exact) mass is 311 g/mol. The number of rotatable bonds is 4. The highest BCUT2D eigenvalue weighted by Crippen LogP contribution is 2.37. The van der Waals surface area contributed by atoms with Gasteiger partial charge in [-0.25, -0.2) is 0 Å². The largest absolute Gasteiger partial charge is 0.482 e. The Labute approximate surface area is 133 Å². The van der Waals surface area contributed by atoms with Crippen molar-refractivity contribution in [2.75, 3.05) is 11.9 Å². The standard InChI is InChI=1S/C18H17NO2S/c1-3-5-6-13-14(11-22-17(13)4-2)12-7-8-16-15(9-12)19-18(20)10-21-16/h3-5,7-9,11H,2,6,10H2,1H3,(H,19,20)/b5-3-. The van der Waals surface area contributed by atoms with Crippen molar-refractivity contribution in [3.05, 3.63) is 52.8 Å². The number of benzene rings is 1. The minimum absolute atomic E-state index is 0.0813. The maximum atomic E-state index is 11.5. The minimum atomic E-state index is -0.115. The van der Waals surface area contributed by atoms with Crippen LogP contribution in [-0.2, 0) is 11.2 Å². The average molecular weight is 311 g/mol. The molecule has 0 fully saturated rings. The molecule has 0 bridgehead atoms. The van der Waals surface area contributed by atoms with Crippen molar-refractivity contribution in [2.45, 2.75) is 13.3 Å². The summed E-state index contributed by atoms with van der Waals surface area (Å²) in [5.41, 5.74) is 4.26. The maximum Gasteiger partial charge on any atom is 0.262 e. The van der Waals surface area contributed by atoms with Gasteiger partial charge in [-0.1, -0.05) is 30.9 Å². The van der Waals surface area contributed by atoms with E-state index in [0.29, 0.717) is 0 Å². The number of anilines is 1. The highest BCUT2D eigenvalue weighted by Gasteiger charge is 2.18. The average Bonchev–Trinajstić information content (AvgIpc) is 2.94. The van der Waals surface area contributed by atoms with Crippen LogP contribution in [0.2, 0.25) is 0 Å². The smallest absolute Gasteiger partial charge is 0.262 e. The van der Waals surface area contributed by atoms with E-state index in [0.717, 1.165) is 23.4 Å². The molecule has 1 N–H and O–H groups in total. The van der Waals surface area contributed by atoms with Gasteiger partial charge in [-0.3, -0.25) is 4.79 Å². The van der Waals surface area contributed by atoms with Crippen LogP contribution in [0.1, 0.15) is 17.4 Å². The van der Waals surface area contributed by atoms with Crippen molar-refractivity contribution >= 4 is 29.0 Å². The summed E-state index contributed by atoms with van der Waals surface area (Å²) in [5, 5.41) is 5.00. The first kappa shape index (κ1) is 14.6. The molecule has 2 aromatic rings. The molecule has 0 saturated carbocycles. The van der Waals surface area contributed by atoms with Gasteiger partial charge in [0.1, 0.15) is 5.75 Å². The van der Waals surface area contributed by atoms with Gasteiger partial charge >= 0.3 is 0 Å². The third-order valence-corrected chi connectivity index (χ3v) is 4.61. The van der Waals surface area contributed by atoms with Gasteiger partial charge in [0, 0.05) is 4.88 Å². The van der Waals surface area contributed by atoms with E-state index >= 15 is 0 Å². The minimum Gasteiger partial charge on any atom is -0.482 e. The van der Waals surface area contributed by atoms with E-state index in [-0.39, 0.29) is 12.5 Å². The van der Waals surface area contributed by atoms with Crippen molar-refractivity contribution in [3.8, 4) is 16.9 Å². The molecule has 0 atom stereocenters. The lowest BCUT2D eigenvalue weighted by Gasteiger charge is -2.18. The van der Waals surface area contributed by atoms with Crippen molar-refractivity contribution in [1.29, 1.82) is 0 Å². The zero-order valence-corrected chi connectivity index (χ0v) is 13.2. The lowest BCUT2D eigenvalue weighted by molar-refractivity contribution is -0.118. The lowest BCUT2D eigenvalue weighted by Crippen LogP contribution is -2.25. The van der Waals surface area contributed by atoms with Crippen LogP contribution in [0.3, 0.4) is 0 Å². The van der Waals surface area contributed by atoms with Crippen LogP contribution < -0.4 is 10.1 Å². The van der Waals surface area contributed by atoms with Gasteiger partial charge in [0.25, 0.3) is 5.91 Å². The molecule has 1 amide bonds. The Kier molecular flexibility index (Phi) is 4.11. The molecular formula is C18H17NO2S. The van der Waals surface area contributed by atoms with E-state index in [4.69, 9.17) is 4.74 Å². The Morgan fingerprint density at radius 1 is 1.45 bits per heavy atom. The van der Waals surface area contributed by atoms with Crippen molar-refractivity contribution in [3.63, 3.8) is 0 Å². The van der Waals surface area contributed by atoms with Crippen LogP contribution >= 0.6 is 11.3 Å². The van der Waals surface area contributed by atoms with E-state index in [1.165, 1.54) is 16.0 Å². The molecule has 1 aromatic heterocycles. The molecule has 3 nitrogen and oxygen atoms in total. The molecule has 1 aliphatic heterocycles. The number of ether oxygens (including phenoxy) is 1. The normalized spacial score (nSPS) is 13.6. The molecule has 0 radical (unpaired) electrons. The van der Waals surface area contributed by atoms with Crippen LogP contribution in [0.5, 0.6) is 5.75 Å². The first-order valence-electron chi connectivity index (χ1n) is 7.14. The molecular weight excluding hydrogens is 294 g/mol. The van der Waals surface area contributed by atoms with Crippen LogP contribution in [0, 0.1) is 0 Å². The SMILES string of the molecule is C=Cc1scc(-c2ccc3c(c2)NC(=O)CO3)c1C/C=C\C. The van der Waals surface area contributed by atoms with Crippen LogP contribution in [0.15, 0.2) is 42.3 Å². The number of fused-ring (bicyclic) bond motifs is 1. The molecule has 2 heterocycles. The number of nitrogens with one attached hydrogen (secondary N) is 1. The highest BCUT2D eigenvalue weighted by atomic mass is 32.1. The quantitative estimate of drug-likeness (QED) is 0.844. The summed E-state index contributed by atoms with van der Waals surface area (Å²) in [4.78, 5) is 12.7. The van der Waals surface area contributed by atoms with Gasteiger partial charge in [-0.2, -0.15) is 0 Å². The van der Waals surface area contributed by atoms with Gasteiger partial charge in [0.2, 0.25) is 0 Å². The number of hydrogen-bond acceptors (Lipinski definition) is 3. The van der Waals surface area contributed by atoms with Crippen LogP contribution in [0.25, 0.3) is 17.2 Å². The van der Waals surface area contributed by atoms with E-state index in [1.54, 1.807) is 11.3 Å². The van der Waals surface area contributed by atoms with E-state index in [1.807, 2.05) is 31.2 Å². The molecule has 1 aliphatic rings. The number of carbonyl (C=O) groups is 1. The Bertz CT molecular complexity index is 758. The zero-order valence-electron chi connectivity index (χ0n) is 12.4. The van der Waals surface area contributed by atoms with Crippen LogP contribution in [-0.4, -0.2) is 12.5 Å². The summed E-state index contributed by atoms with van der Waals surface area (Å²) in [6.45, 7) is 6.00. The second-order valence-electron chi connectivity index (χ2n) is 5.02.